The van der Waals surface area contributed by atoms with E-state index in [2.05, 4.69) is 9.97 Å². The molecule has 0 amide bonds. The van der Waals surface area contributed by atoms with Gasteiger partial charge in [0.1, 0.15) is 10.5 Å². The van der Waals surface area contributed by atoms with Gasteiger partial charge in [-0.2, -0.15) is 0 Å². The molecule has 0 aliphatic heterocycles. The van der Waals surface area contributed by atoms with Gasteiger partial charge in [0.25, 0.3) is 0 Å². The second-order valence-electron chi connectivity index (χ2n) is 3.35. The third-order valence-corrected chi connectivity index (χ3v) is 3.04. The van der Waals surface area contributed by atoms with E-state index in [1.165, 1.54) is 0 Å². The number of nitrogens with zero attached hydrogens (tertiary/aromatic N) is 1. The number of aryl methyl sites for hydroxylation is 1. The van der Waals surface area contributed by atoms with Crippen LogP contribution in [0.2, 0.25) is 10.0 Å². The van der Waals surface area contributed by atoms with Crippen LogP contribution in [0.5, 0.6) is 0 Å². The van der Waals surface area contributed by atoms with E-state index in [1.807, 2.05) is 13.0 Å². The molecule has 0 fully saturated rings. The van der Waals surface area contributed by atoms with Crippen LogP contribution >= 0.6 is 35.4 Å². The minimum atomic E-state index is 0.521. The topological polar surface area (TPSA) is 28.7 Å². The van der Waals surface area contributed by atoms with Crippen molar-refractivity contribution in [3.8, 4) is 11.3 Å². The van der Waals surface area contributed by atoms with E-state index in [0.717, 1.165) is 17.1 Å². The Morgan fingerprint density at radius 2 is 1.94 bits per heavy atom. The second kappa shape index (κ2) is 4.53. The number of benzene rings is 1. The van der Waals surface area contributed by atoms with Gasteiger partial charge in [0.2, 0.25) is 0 Å². The van der Waals surface area contributed by atoms with E-state index < -0.39 is 0 Å². The van der Waals surface area contributed by atoms with Crippen LogP contribution in [0.1, 0.15) is 5.82 Å². The minimum Gasteiger partial charge on any atom is -0.343 e. The number of hydrogen-bond donors (Lipinski definition) is 1. The summed E-state index contributed by atoms with van der Waals surface area (Å²) in [6.07, 6.45) is 0. The van der Waals surface area contributed by atoms with Gasteiger partial charge in [-0.25, -0.2) is 4.98 Å². The van der Waals surface area contributed by atoms with E-state index in [0.29, 0.717) is 14.7 Å². The average molecular weight is 271 g/mol. The van der Waals surface area contributed by atoms with Crippen LogP contribution in [-0.4, -0.2) is 9.97 Å². The maximum absolute atomic E-state index is 5.96. The molecule has 1 heterocycles. The third-order valence-electron chi connectivity index (χ3n) is 2.09. The molecule has 0 bridgehead atoms. The van der Waals surface area contributed by atoms with Crippen LogP contribution in [0, 0.1) is 11.6 Å². The summed E-state index contributed by atoms with van der Waals surface area (Å²) in [4.78, 5) is 7.23. The smallest absolute Gasteiger partial charge is 0.130 e. The summed E-state index contributed by atoms with van der Waals surface area (Å²) in [5.41, 5.74) is 1.82. The molecule has 2 aromatic rings. The predicted molar refractivity (Wildman–Crippen MR) is 69.6 cm³/mol. The van der Waals surface area contributed by atoms with Crippen LogP contribution in [0.25, 0.3) is 11.3 Å². The Hall–Kier alpha value is -0.900. The van der Waals surface area contributed by atoms with Gasteiger partial charge in [-0.05, 0) is 30.7 Å². The van der Waals surface area contributed by atoms with Crippen molar-refractivity contribution in [3.63, 3.8) is 0 Å². The number of H-pyrrole nitrogens is 1. The van der Waals surface area contributed by atoms with Crippen molar-refractivity contribution in [2.24, 2.45) is 0 Å². The Morgan fingerprint density at radius 1 is 1.19 bits per heavy atom. The number of aromatic nitrogens is 2. The van der Waals surface area contributed by atoms with Crippen molar-refractivity contribution in [2.45, 2.75) is 6.92 Å². The van der Waals surface area contributed by atoms with Crippen molar-refractivity contribution in [3.05, 3.63) is 44.8 Å². The highest BCUT2D eigenvalue weighted by atomic mass is 35.5. The first-order valence-corrected chi connectivity index (χ1v) is 5.76. The van der Waals surface area contributed by atoms with E-state index >= 15 is 0 Å². The highest BCUT2D eigenvalue weighted by Crippen LogP contribution is 2.27. The predicted octanol–water partition coefficient (Wildman–Crippen LogP) is 4.42. The summed E-state index contributed by atoms with van der Waals surface area (Å²) in [7, 11) is 0. The molecule has 2 nitrogen and oxygen atoms in total. The standard InChI is InChI=1S/C11H8Cl2N2S/c1-6-14-10(5-11(16)15-6)7-2-3-8(12)9(13)4-7/h2-5H,1H3,(H,14,15,16). The first-order valence-electron chi connectivity index (χ1n) is 4.59. The first kappa shape index (κ1) is 11.6. The molecule has 1 aromatic heterocycles. The van der Waals surface area contributed by atoms with Gasteiger partial charge in [-0.1, -0.05) is 41.5 Å². The second-order valence-corrected chi connectivity index (χ2v) is 4.58. The summed E-state index contributed by atoms with van der Waals surface area (Å²) in [5, 5.41) is 1.06. The molecule has 16 heavy (non-hydrogen) atoms. The van der Waals surface area contributed by atoms with Gasteiger partial charge in [0.05, 0.1) is 10.0 Å². The molecule has 1 N–H and O–H groups in total. The molecule has 0 aliphatic carbocycles. The summed E-state index contributed by atoms with van der Waals surface area (Å²) >= 11 is 16.9. The van der Waals surface area contributed by atoms with E-state index in [9.17, 15) is 0 Å². The summed E-state index contributed by atoms with van der Waals surface area (Å²) < 4.78 is 0.553. The highest BCUT2D eigenvalue weighted by molar-refractivity contribution is 7.71. The normalized spacial score (nSPS) is 10.4. The van der Waals surface area contributed by atoms with Gasteiger partial charge >= 0.3 is 0 Å². The van der Waals surface area contributed by atoms with Crippen molar-refractivity contribution in [2.75, 3.05) is 0 Å². The van der Waals surface area contributed by atoms with E-state index in [4.69, 9.17) is 35.4 Å². The van der Waals surface area contributed by atoms with Crippen LogP contribution in [-0.2, 0) is 0 Å². The molecule has 0 aliphatic rings. The van der Waals surface area contributed by atoms with Crippen LogP contribution in [0.4, 0.5) is 0 Å². The fourth-order valence-corrected chi connectivity index (χ4v) is 1.95. The number of hydrogen-bond acceptors (Lipinski definition) is 2. The van der Waals surface area contributed by atoms with E-state index in [-0.39, 0.29) is 0 Å². The molecule has 0 saturated carbocycles. The number of rotatable bonds is 1. The summed E-state index contributed by atoms with van der Waals surface area (Å²) in [6.45, 7) is 1.86. The Kier molecular flexibility index (Phi) is 3.28. The van der Waals surface area contributed by atoms with Crippen LogP contribution in [0.3, 0.4) is 0 Å². The van der Waals surface area contributed by atoms with Gasteiger partial charge in [-0.3, -0.25) is 0 Å². The van der Waals surface area contributed by atoms with E-state index in [1.54, 1.807) is 18.2 Å². The summed E-state index contributed by atoms with van der Waals surface area (Å²) in [5.74, 6) is 0.772. The lowest BCUT2D eigenvalue weighted by Gasteiger charge is -2.04. The molecule has 1 aromatic carbocycles. The Balaban J connectivity index is 2.58. The Labute approximate surface area is 108 Å². The van der Waals surface area contributed by atoms with Gasteiger partial charge in [0.15, 0.2) is 0 Å². The lowest BCUT2D eigenvalue weighted by atomic mass is 10.1. The van der Waals surface area contributed by atoms with Crippen molar-refractivity contribution < 1.29 is 0 Å². The fourth-order valence-electron chi connectivity index (χ4n) is 1.40. The molecule has 0 radical (unpaired) electrons. The highest BCUT2D eigenvalue weighted by Gasteiger charge is 2.03. The molecule has 82 valence electrons. The SMILES string of the molecule is Cc1nc(=S)cc(-c2ccc(Cl)c(Cl)c2)[nH]1. The molecule has 2 rings (SSSR count). The average Bonchev–Trinajstić information content (AvgIpc) is 2.20. The maximum atomic E-state index is 5.96. The largest absolute Gasteiger partial charge is 0.343 e. The Morgan fingerprint density at radius 3 is 2.56 bits per heavy atom. The molecular weight excluding hydrogens is 263 g/mol. The number of nitrogens with one attached hydrogen (secondary N) is 1. The summed E-state index contributed by atoms with van der Waals surface area (Å²) in [6, 6.07) is 7.23. The van der Waals surface area contributed by atoms with Crippen molar-refractivity contribution >= 4 is 35.4 Å². The molecule has 5 heteroatoms. The Bertz CT molecular complexity index is 593. The molecule has 0 saturated heterocycles. The number of aromatic amines is 1. The monoisotopic (exact) mass is 270 g/mol. The van der Waals surface area contributed by atoms with Gasteiger partial charge < -0.3 is 4.98 Å². The fraction of sp³-hybridized carbons (Fsp3) is 0.0909. The van der Waals surface area contributed by atoms with Crippen molar-refractivity contribution in [1.82, 2.24) is 9.97 Å². The lowest BCUT2D eigenvalue weighted by Crippen LogP contribution is -1.91. The zero-order valence-electron chi connectivity index (χ0n) is 8.42. The molecule has 0 unspecified atom stereocenters. The third kappa shape index (κ3) is 2.43. The lowest BCUT2D eigenvalue weighted by molar-refractivity contribution is 1.05. The zero-order valence-corrected chi connectivity index (χ0v) is 10.7. The van der Waals surface area contributed by atoms with Crippen LogP contribution < -0.4 is 0 Å². The maximum Gasteiger partial charge on any atom is 0.130 e. The first-order chi connectivity index (χ1) is 7.56. The van der Waals surface area contributed by atoms with Gasteiger partial charge in [0, 0.05) is 5.69 Å². The van der Waals surface area contributed by atoms with Gasteiger partial charge in [-0.15, -0.1) is 0 Å². The van der Waals surface area contributed by atoms with Crippen LogP contribution in [0.15, 0.2) is 24.3 Å². The molecule has 0 spiro atoms. The quantitative estimate of drug-likeness (QED) is 0.778. The number of halogens is 2. The molecule has 0 atom stereocenters. The minimum absolute atomic E-state index is 0.521. The van der Waals surface area contributed by atoms with Crippen molar-refractivity contribution in [1.29, 1.82) is 0 Å². The zero-order chi connectivity index (χ0) is 11.7. The molecular formula is C11H8Cl2N2S.